The van der Waals surface area contributed by atoms with Crippen LogP contribution in [0.25, 0.3) is 0 Å². The van der Waals surface area contributed by atoms with Crippen LogP contribution >= 0.6 is 0 Å². The Kier molecular flexibility index (Phi) is 9.39. The molecule has 1 atom stereocenters. The molecule has 2 N–H and O–H groups in total. The molecule has 1 aliphatic heterocycles. The monoisotopic (exact) mass is 533 g/mol. The summed E-state index contributed by atoms with van der Waals surface area (Å²) in [5.41, 5.74) is 2.53. The first kappa shape index (κ1) is 27.5. The number of carbonyl (C=O) groups is 3. The maximum atomic E-state index is 12.7. The minimum atomic E-state index is -1.31. The van der Waals surface area contributed by atoms with Crippen molar-refractivity contribution in [2.75, 3.05) is 18.1 Å². The van der Waals surface area contributed by atoms with Gasteiger partial charge in [0.2, 0.25) is 12.0 Å². The van der Waals surface area contributed by atoms with E-state index in [-0.39, 0.29) is 37.5 Å². The third-order valence-corrected chi connectivity index (χ3v) is 6.28. The highest BCUT2D eigenvalue weighted by Crippen LogP contribution is 2.42. The standard InChI is InChI=1S/C30H31NO8/c32-27(16-17-28(33)34)31-19-26(30(35)36)39-29-24(31)10-6-11-25(29)38-20-22-12-14-23(15-13-22)37-18-5-4-9-21-7-2-1-3-8-21/h1-3,6-8,10-15,26H,4-5,9,16-20H2,(H,33,34)(H,35,36). The van der Waals surface area contributed by atoms with Crippen molar-refractivity contribution in [2.45, 2.75) is 44.8 Å². The predicted octanol–water partition coefficient (Wildman–Crippen LogP) is 4.71. The molecule has 4 rings (SSSR count). The summed E-state index contributed by atoms with van der Waals surface area (Å²) in [7, 11) is 0. The molecule has 0 aromatic heterocycles. The number of anilines is 1. The first-order valence-corrected chi connectivity index (χ1v) is 12.8. The number of carbonyl (C=O) groups excluding carboxylic acids is 1. The van der Waals surface area contributed by atoms with Crippen LogP contribution in [0.3, 0.4) is 0 Å². The van der Waals surface area contributed by atoms with Gasteiger partial charge in [-0.2, -0.15) is 0 Å². The number of hydrogen-bond donors (Lipinski definition) is 2. The van der Waals surface area contributed by atoms with Crippen LogP contribution in [0.5, 0.6) is 17.2 Å². The third kappa shape index (κ3) is 7.73. The summed E-state index contributed by atoms with van der Waals surface area (Å²) in [6, 6.07) is 22.8. The quantitative estimate of drug-likeness (QED) is 0.303. The lowest BCUT2D eigenvalue weighted by molar-refractivity contribution is -0.145. The van der Waals surface area contributed by atoms with Crippen molar-refractivity contribution in [1.82, 2.24) is 0 Å². The highest BCUT2D eigenvalue weighted by Gasteiger charge is 2.35. The van der Waals surface area contributed by atoms with Crippen molar-refractivity contribution in [3.8, 4) is 17.2 Å². The van der Waals surface area contributed by atoms with Gasteiger partial charge < -0.3 is 29.3 Å². The van der Waals surface area contributed by atoms with Crippen LogP contribution in [-0.2, 0) is 27.4 Å². The number of carboxylic acids is 2. The van der Waals surface area contributed by atoms with Crippen LogP contribution < -0.4 is 19.1 Å². The SMILES string of the molecule is O=C(O)CCC(=O)N1CC(C(=O)O)Oc2c(OCc3ccc(OCCCCc4ccccc4)cc3)cccc21. The van der Waals surface area contributed by atoms with Crippen LogP contribution in [0.2, 0.25) is 0 Å². The van der Waals surface area contributed by atoms with Crippen molar-refractivity contribution in [1.29, 1.82) is 0 Å². The minimum absolute atomic E-state index is 0.135. The second kappa shape index (κ2) is 13.3. The van der Waals surface area contributed by atoms with Crippen LogP contribution in [0.1, 0.15) is 36.8 Å². The summed E-state index contributed by atoms with van der Waals surface area (Å²) in [6.45, 7) is 0.586. The lowest BCUT2D eigenvalue weighted by Crippen LogP contribution is -2.47. The fraction of sp³-hybridized carbons (Fsp3) is 0.300. The summed E-state index contributed by atoms with van der Waals surface area (Å²) in [6.07, 6.45) is 1.10. The molecule has 0 spiro atoms. The van der Waals surface area contributed by atoms with Crippen LogP contribution in [0.4, 0.5) is 5.69 Å². The van der Waals surface area contributed by atoms with E-state index in [0.717, 1.165) is 30.6 Å². The van der Waals surface area contributed by atoms with E-state index in [2.05, 4.69) is 12.1 Å². The summed E-state index contributed by atoms with van der Waals surface area (Å²) < 4.78 is 17.5. The van der Waals surface area contributed by atoms with E-state index in [1.165, 1.54) is 10.5 Å². The number of amides is 1. The van der Waals surface area contributed by atoms with Crippen LogP contribution in [0, 0.1) is 0 Å². The Hall–Kier alpha value is -4.53. The zero-order valence-corrected chi connectivity index (χ0v) is 21.5. The van der Waals surface area contributed by atoms with E-state index in [1.54, 1.807) is 18.2 Å². The molecule has 3 aromatic carbocycles. The molecule has 1 amide bonds. The van der Waals surface area contributed by atoms with Gasteiger partial charge in [0.15, 0.2) is 11.5 Å². The molecule has 0 radical (unpaired) electrons. The van der Waals surface area contributed by atoms with E-state index in [9.17, 15) is 19.5 Å². The molecular weight excluding hydrogens is 502 g/mol. The summed E-state index contributed by atoms with van der Waals surface area (Å²) in [4.78, 5) is 36.5. The molecule has 1 heterocycles. The first-order valence-electron chi connectivity index (χ1n) is 12.8. The highest BCUT2D eigenvalue weighted by molar-refractivity contribution is 5.98. The molecule has 204 valence electrons. The molecule has 39 heavy (non-hydrogen) atoms. The van der Waals surface area contributed by atoms with Crippen LogP contribution in [0.15, 0.2) is 72.8 Å². The van der Waals surface area contributed by atoms with Crippen LogP contribution in [-0.4, -0.2) is 47.3 Å². The molecule has 9 nitrogen and oxygen atoms in total. The highest BCUT2D eigenvalue weighted by atomic mass is 16.5. The fourth-order valence-electron chi connectivity index (χ4n) is 4.21. The van der Waals surface area contributed by atoms with E-state index in [4.69, 9.17) is 19.3 Å². The molecular formula is C30H31NO8. The number of fused-ring (bicyclic) bond motifs is 1. The fourth-order valence-corrected chi connectivity index (χ4v) is 4.21. The zero-order valence-electron chi connectivity index (χ0n) is 21.5. The van der Waals surface area contributed by atoms with Crippen molar-refractivity contribution in [3.05, 3.63) is 83.9 Å². The number of benzene rings is 3. The Balaban J connectivity index is 1.33. The van der Waals surface area contributed by atoms with Gasteiger partial charge in [0.05, 0.1) is 25.3 Å². The van der Waals surface area contributed by atoms with Gasteiger partial charge in [-0.05, 0) is 54.7 Å². The van der Waals surface area contributed by atoms with Crippen molar-refractivity contribution in [3.63, 3.8) is 0 Å². The van der Waals surface area contributed by atoms with E-state index in [0.29, 0.717) is 12.3 Å². The largest absolute Gasteiger partial charge is 0.494 e. The average molecular weight is 534 g/mol. The van der Waals surface area contributed by atoms with Gasteiger partial charge in [-0.15, -0.1) is 0 Å². The van der Waals surface area contributed by atoms with Crippen molar-refractivity contribution in [2.24, 2.45) is 0 Å². The van der Waals surface area contributed by atoms with Gasteiger partial charge in [0.25, 0.3) is 0 Å². The van der Waals surface area contributed by atoms with E-state index in [1.807, 2.05) is 42.5 Å². The number of nitrogens with zero attached hydrogens (tertiary/aromatic N) is 1. The van der Waals surface area contributed by atoms with Gasteiger partial charge in [0.1, 0.15) is 12.4 Å². The summed E-state index contributed by atoms with van der Waals surface area (Å²) in [5, 5.41) is 18.5. The number of aryl methyl sites for hydroxylation is 1. The van der Waals surface area contributed by atoms with Crippen molar-refractivity contribution >= 4 is 23.5 Å². The molecule has 0 aliphatic carbocycles. The molecule has 0 bridgehead atoms. The molecule has 9 heteroatoms. The second-order valence-electron chi connectivity index (χ2n) is 9.17. The number of ether oxygens (including phenoxy) is 3. The Morgan fingerprint density at radius 2 is 1.62 bits per heavy atom. The third-order valence-electron chi connectivity index (χ3n) is 6.28. The number of carboxylic acid groups (broad SMARTS) is 2. The Morgan fingerprint density at radius 1 is 0.846 bits per heavy atom. The number of aliphatic carboxylic acids is 2. The van der Waals surface area contributed by atoms with Gasteiger partial charge in [-0.1, -0.05) is 48.5 Å². The molecule has 0 saturated carbocycles. The van der Waals surface area contributed by atoms with Crippen molar-refractivity contribution < 1.29 is 38.8 Å². The number of hydrogen-bond acceptors (Lipinski definition) is 6. The summed E-state index contributed by atoms with van der Waals surface area (Å²) in [5.74, 6) is -1.66. The van der Waals surface area contributed by atoms with Gasteiger partial charge in [-0.25, -0.2) is 4.79 Å². The van der Waals surface area contributed by atoms with E-state index < -0.39 is 23.9 Å². The second-order valence-corrected chi connectivity index (χ2v) is 9.17. The zero-order chi connectivity index (χ0) is 27.6. The lowest BCUT2D eigenvalue weighted by Gasteiger charge is -2.34. The number of para-hydroxylation sites is 1. The smallest absolute Gasteiger partial charge is 0.346 e. The molecule has 0 saturated heterocycles. The lowest BCUT2D eigenvalue weighted by atomic mass is 10.1. The maximum absolute atomic E-state index is 12.7. The average Bonchev–Trinajstić information content (AvgIpc) is 2.95. The number of rotatable bonds is 13. The molecule has 3 aromatic rings. The van der Waals surface area contributed by atoms with Gasteiger partial charge in [0, 0.05) is 6.42 Å². The Bertz CT molecular complexity index is 1280. The normalized spacial score (nSPS) is 14.2. The minimum Gasteiger partial charge on any atom is -0.494 e. The number of unbranched alkanes of at least 4 members (excludes halogenated alkanes) is 1. The molecule has 1 aliphatic rings. The molecule has 0 fully saturated rings. The predicted molar refractivity (Wildman–Crippen MR) is 143 cm³/mol. The topological polar surface area (TPSA) is 123 Å². The maximum Gasteiger partial charge on any atom is 0.346 e. The summed E-state index contributed by atoms with van der Waals surface area (Å²) >= 11 is 0. The van der Waals surface area contributed by atoms with Gasteiger partial charge >= 0.3 is 11.9 Å². The van der Waals surface area contributed by atoms with E-state index >= 15 is 0 Å². The Labute approximate surface area is 226 Å². The molecule has 1 unspecified atom stereocenters. The first-order chi connectivity index (χ1) is 18.9. The Morgan fingerprint density at radius 3 is 2.33 bits per heavy atom. The van der Waals surface area contributed by atoms with Gasteiger partial charge in [-0.3, -0.25) is 9.59 Å².